The summed E-state index contributed by atoms with van der Waals surface area (Å²) in [5, 5.41) is 2.48. The van der Waals surface area contributed by atoms with E-state index in [1.165, 1.54) is 6.20 Å². The van der Waals surface area contributed by atoms with Crippen LogP contribution in [-0.4, -0.2) is 10.9 Å². The van der Waals surface area contributed by atoms with E-state index in [0.717, 1.165) is 22.2 Å². The molecule has 0 bridgehead atoms. The molecule has 1 amide bonds. The lowest BCUT2D eigenvalue weighted by atomic mass is 10.2. The lowest BCUT2D eigenvalue weighted by Gasteiger charge is -2.08. The van der Waals surface area contributed by atoms with Gasteiger partial charge in [-0.2, -0.15) is 0 Å². The number of hydrogen-bond acceptors (Lipinski definition) is 2. The van der Waals surface area contributed by atoms with Gasteiger partial charge in [0.25, 0.3) is 5.91 Å². The van der Waals surface area contributed by atoms with Crippen LogP contribution >= 0.6 is 15.9 Å². The minimum Gasteiger partial charge on any atom is -0.306 e. The Morgan fingerprint density at radius 3 is 2.68 bits per heavy atom. The zero-order valence-electron chi connectivity index (χ0n) is 9.88. The maximum Gasteiger partial charge on any atom is 0.259 e. The molecule has 3 nitrogen and oxygen atoms in total. The summed E-state index contributed by atoms with van der Waals surface area (Å²) in [6.07, 6.45) is 1.52. The van der Waals surface area contributed by atoms with Gasteiger partial charge < -0.3 is 5.32 Å². The Morgan fingerprint density at radius 1 is 1.32 bits per heavy atom. The predicted molar refractivity (Wildman–Crippen MR) is 71.0 cm³/mol. The molecule has 19 heavy (non-hydrogen) atoms. The van der Waals surface area contributed by atoms with Gasteiger partial charge in [0.05, 0.1) is 5.56 Å². The van der Waals surface area contributed by atoms with Crippen molar-refractivity contribution in [3.63, 3.8) is 0 Å². The number of nitrogens with zero attached hydrogens (tertiary/aromatic N) is 1. The number of rotatable bonds is 2. The smallest absolute Gasteiger partial charge is 0.259 e. The Morgan fingerprint density at radius 2 is 2.05 bits per heavy atom. The topological polar surface area (TPSA) is 42.0 Å². The fourth-order valence-corrected chi connectivity index (χ4v) is 1.97. The SMILES string of the molecule is Cc1cc(Br)cnc1NC(=O)c1ccc(F)cc1F. The van der Waals surface area contributed by atoms with Crippen molar-refractivity contribution in [2.24, 2.45) is 0 Å². The number of pyridine rings is 1. The van der Waals surface area contributed by atoms with Crippen LogP contribution in [0.1, 0.15) is 15.9 Å². The van der Waals surface area contributed by atoms with E-state index in [4.69, 9.17) is 0 Å². The van der Waals surface area contributed by atoms with Crippen LogP contribution in [-0.2, 0) is 0 Å². The number of benzene rings is 1. The van der Waals surface area contributed by atoms with Crippen LogP contribution in [0.4, 0.5) is 14.6 Å². The van der Waals surface area contributed by atoms with Crippen LogP contribution in [0, 0.1) is 18.6 Å². The van der Waals surface area contributed by atoms with Gasteiger partial charge in [0, 0.05) is 16.7 Å². The van der Waals surface area contributed by atoms with Gasteiger partial charge in [0.15, 0.2) is 0 Å². The molecule has 0 radical (unpaired) electrons. The Bertz CT molecular complexity index is 647. The van der Waals surface area contributed by atoms with Gasteiger partial charge in [0.2, 0.25) is 0 Å². The summed E-state index contributed by atoms with van der Waals surface area (Å²) >= 11 is 3.25. The molecule has 1 heterocycles. The molecule has 1 aromatic carbocycles. The zero-order valence-corrected chi connectivity index (χ0v) is 11.5. The lowest BCUT2D eigenvalue weighted by molar-refractivity contribution is 0.102. The lowest BCUT2D eigenvalue weighted by Crippen LogP contribution is -2.15. The molecule has 0 saturated carbocycles. The van der Waals surface area contributed by atoms with E-state index in [9.17, 15) is 13.6 Å². The van der Waals surface area contributed by atoms with Crippen molar-refractivity contribution < 1.29 is 13.6 Å². The standard InChI is InChI=1S/C13H9BrF2N2O/c1-7-4-8(14)6-17-12(7)18-13(19)10-3-2-9(15)5-11(10)16/h2-6H,1H3,(H,17,18,19). The Balaban J connectivity index is 2.25. The van der Waals surface area contributed by atoms with Crippen molar-refractivity contribution in [1.29, 1.82) is 0 Å². The maximum atomic E-state index is 13.4. The number of aromatic nitrogens is 1. The number of hydrogen-bond donors (Lipinski definition) is 1. The number of halogens is 3. The Labute approximate surface area is 116 Å². The highest BCUT2D eigenvalue weighted by Gasteiger charge is 2.14. The first kappa shape index (κ1) is 13.6. The number of nitrogens with one attached hydrogen (secondary N) is 1. The molecule has 1 aromatic heterocycles. The van der Waals surface area contributed by atoms with Crippen molar-refractivity contribution in [3.05, 3.63) is 57.7 Å². The van der Waals surface area contributed by atoms with Gasteiger partial charge in [-0.1, -0.05) is 0 Å². The largest absolute Gasteiger partial charge is 0.306 e. The van der Waals surface area contributed by atoms with Crippen LogP contribution < -0.4 is 5.32 Å². The van der Waals surface area contributed by atoms with Crippen LogP contribution in [0.2, 0.25) is 0 Å². The number of amides is 1. The van der Waals surface area contributed by atoms with Crippen LogP contribution in [0.5, 0.6) is 0 Å². The van der Waals surface area contributed by atoms with Gasteiger partial charge in [-0.05, 0) is 46.6 Å². The maximum absolute atomic E-state index is 13.4. The first-order valence-electron chi connectivity index (χ1n) is 5.36. The summed E-state index contributed by atoms with van der Waals surface area (Å²) < 4.78 is 27.0. The second-order valence-electron chi connectivity index (χ2n) is 3.90. The van der Waals surface area contributed by atoms with Crippen molar-refractivity contribution in [2.45, 2.75) is 6.92 Å². The molecular formula is C13H9BrF2N2O. The molecule has 0 atom stereocenters. The summed E-state index contributed by atoms with van der Waals surface area (Å²) in [7, 11) is 0. The molecule has 0 aliphatic carbocycles. The van der Waals surface area contributed by atoms with Crippen molar-refractivity contribution in [2.75, 3.05) is 5.32 Å². The van der Waals surface area contributed by atoms with Crippen molar-refractivity contribution in [1.82, 2.24) is 4.98 Å². The highest BCUT2D eigenvalue weighted by molar-refractivity contribution is 9.10. The van der Waals surface area contributed by atoms with E-state index in [0.29, 0.717) is 11.9 Å². The highest BCUT2D eigenvalue weighted by atomic mass is 79.9. The number of carbonyl (C=O) groups excluding carboxylic acids is 1. The predicted octanol–water partition coefficient (Wildman–Crippen LogP) is 3.68. The van der Waals surface area contributed by atoms with Gasteiger partial charge in [-0.3, -0.25) is 4.79 Å². The second-order valence-corrected chi connectivity index (χ2v) is 4.81. The molecule has 0 aliphatic heterocycles. The molecular weight excluding hydrogens is 318 g/mol. The van der Waals surface area contributed by atoms with Gasteiger partial charge in [0.1, 0.15) is 17.5 Å². The van der Waals surface area contributed by atoms with E-state index in [1.807, 2.05) is 0 Å². The zero-order chi connectivity index (χ0) is 14.0. The van der Waals surface area contributed by atoms with Crippen molar-refractivity contribution >= 4 is 27.7 Å². The van der Waals surface area contributed by atoms with Crippen LogP contribution in [0.15, 0.2) is 34.9 Å². The highest BCUT2D eigenvalue weighted by Crippen LogP contribution is 2.18. The molecule has 2 aromatic rings. The van der Waals surface area contributed by atoms with Crippen LogP contribution in [0.3, 0.4) is 0 Å². The average molecular weight is 327 g/mol. The summed E-state index contributed by atoms with van der Waals surface area (Å²) in [5.74, 6) is -1.98. The van der Waals surface area contributed by atoms with E-state index >= 15 is 0 Å². The van der Waals surface area contributed by atoms with Crippen molar-refractivity contribution in [3.8, 4) is 0 Å². The first-order chi connectivity index (χ1) is 8.97. The van der Waals surface area contributed by atoms with E-state index in [2.05, 4.69) is 26.2 Å². The third-order valence-corrected chi connectivity index (χ3v) is 2.89. The van der Waals surface area contributed by atoms with Gasteiger partial charge in [-0.25, -0.2) is 13.8 Å². The quantitative estimate of drug-likeness (QED) is 0.914. The van der Waals surface area contributed by atoms with E-state index in [-0.39, 0.29) is 5.56 Å². The second kappa shape index (κ2) is 5.44. The number of carbonyl (C=O) groups is 1. The van der Waals surface area contributed by atoms with E-state index < -0.39 is 17.5 Å². The minimum absolute atomic E-state index is 0.231. The molecule has 0 aliphatic rings. The molecule has 0 fully saturated rings. The summed E-state index contributed by atoms with van der Waals surface area (Å²) in [6, 6.07) is 4.55. The minimum atomic E-state index is -0.910. The molecule has 0 spiro atoms. The summed E-state index contributed by atoms with van der Waals surface area (Å²) in [4.78, 5) is 15.9. The fraction of sp³-hybridized carbons (Fsp3) is 0.0769. The normalized spacial score (nSPS) is 10.3. The molecule has 98 valence electrons. The van der Waals surface area contributed by atoms with Gasteiger partial charge >= 0.3 is 0 Å². The molecule has 0 saturated heterocycles. The van der Waals surface area contributed by atoms with Gasteiger partial charge in [-0.15, -0.1) is 0 Å². The summed E-state index contributed by atoms with van der Waals surface area (Å²) in [5.41, 5.74) is 0.496. The van der Waals surface area contributed by atoms with E-state index in [1.54, 1.807) is 13.0 Å². The molecule has 6 heteroatoms. The fourth-order valence-electron chi connectivity index (χ4n) is 1.52. The molecule has 0 unspecified atom stereocenters. The molecule has 1 N–H and O–H groups in total. The Hall–Kier alpha value is -1.82. The number of anilines is 1. The van der Waals surface area contributed by atoms with Crippen LogP contribution in [0.25, 0.3) is 0 Å². The monoisotopic (exact) mass is 326 g/mol. The number of aryl methyl sites for hydroxylation is 1. The average Bonchev–Trinajstić information content (AvgIpc) is 2.32. The Kier molecular flexibility index (Phi) is 3.90. The third-order valence-electron chi connectivity index (χ3n) is 2.45. The summed E-state index contributed by atoms with van der Waals surface area (Å²) in [6.45, 7) is 1.76. The third kappa shape index (κ3) is 3.14. The first-order valence-corrected chi connectivity index (χ1v) is 6.15. The molecule has 2 rings (SSSR count).